The maximum absolute atomic E-state index is 9.83. The predicted molar refractivity (Wildman–Crippen MR) is 160 cm³/mol. The molecular weight excluding hydrogens is 482 g/mol. The van der Waals surface area contributed by atoms with Crippen LogP contribution in [0.25, 0.3) is 23.1 Å². The number of rotatable bonds is 9. The third kappa shape index (κ3) is 6.54. The SMILES string of the molecule is Cc1ncc(C#N)c(Nc2ccc3[nH]ccc3c2C)c1/C=C/c1ccc(CNCCN2CCCCCC2)cn1. The first kappa shape index (κ1) is 26.6. The lowest BCUT2D eigenvalue weighted by atomic mass is 10.0. The van der Waals surface area contributed by atoms with Gasteiger partial charge in [0.1, 0.15) is 6.07 Å². The number of pyridine rings is 2. The second kappa shape index (κ2) is 12.7. The van der Waals surface area contributed by atoms with Crippen molar-refractivity contribution < 1.29 is 0 Å². The number of H-pyrrole nitrogens is 1. The molecule has 1 saturated heterocycles. The minimum Gasteiger partial charge on any atom is -0.361 e. The highest BCUT2D eigenvalue weighted by molar-refractivity contribution is 5.90. The molecule has 5 rings (SSSR count). The van der Waals surface area contributed by atoms with Crippen LogP contribution in [-0.2, 0) is 6.54 Å². The van der Waals surface area contributed by atoms with Crippen LogP contribution in [0.1, 0.15) is 59.3 Å². The molecule has 39 heavy (non-hydrogen) atoms. The number of benzene rings is 1. The topological polar surface area (TPSA) is 92.7 Å². The summed E-state index contributed by atoms with van der Waals surface area (Å²) >= 11 is 0. The summed E-state index contributed by atoms with van der Waals surface area (Å²) in [5.74, 6) is 0. The minimum absolute atomic E-state index is 0.503. The number of aromatic nitrogens is 3. The number of nitrogens with zero attached hydrogens (tertiary/aromatic N) is 4. The van der Waals surface area contributed by atoms with Crippen LogP contribution in [0.3, 0.4) is 0 Å². The van der Waals surface area contributed by atoms with E-state index in [-0.39, 0.29) is 0 Å². The molecule has 0 amide bonds. The van der Waals surface area contributed by atoms with Crippen molar-refractivity contribution in [1.29, 1.82) is 5.26 Å². The van der Waals surface area contributed by atoms with E-state index in [2.05, 4.69) is 61.7 Å². The maximum Gasteiger partial charge on any atom is 0.103 e. The van der Waals surface area contributed by atoms with Crippen LogP contribution in [0.15, 0.2) is 48.9 Å². The van der Waals surface area contributed by atoms with Gasteiger partial charge in [0.25, 0.3) is 0 Å². The number of hydrogen-bond acceptors (Lipinski definition) is 6. The number of likely N-dealkylation sites (tertiary alicyclic amines) is 1. The lowest BCUT2D eigenvalue weighted by Gasteiger charge is -2.19. The third-order valence-corrected chi connectivity index (χ3v) is 7.60. The van der Waals surface area contributed by atoms with Crippen molar-refractivity contribution in [2.24, 2.45) is 0 Å². The monoisotopic (exact) mass is 519 g/mol. The van der Waals surface area contributed by atoms with Crippen molar-refractivity contribution in [2.75, 3.05) is 31.5 Å². The molecule has 0 saturated carbocycles. The highest BCUT2D eigenvalue weighted by Gasteiger charge is 2.14. The Labute approximate surface area is 231 Å². The Balaban J connectivity index is 1.26. The van der Waals surface area contributed by atoms with Gasteiger partial charge in [-0.15, -0.1) is 0 Å². The zero-order chi connectivity index (χ0) is 27.0. The summed E-state index contributed by atoms with van der Waals surface area (Å²) in [6, 6.07) is 12.6. The summed E-state index contributed by atoms with van der Waals surface area (Å²) in [6.45, 7) is 9.43. The van der Waals surface area contributed by atoms with Gasteiger partial charge in [-0.05, 0) is 87.3 Å². The molecule has 1 aromatic carbocycles. The summed E-state index contributed by atoms with van der Waals surface area (Å²) < 4.78 is 0. The van der Waals surface area contributed by atoms with E-state index in [4.69, 9.17) is 0 Å². The van der Waals surface area contributed by atoms with Crippen LogP contribution >= 0.6 is 0 Å². The molecule has 0 unspecified atom stereocenters. The molecule has 0 radical (unpaired) electrons. The van der Waals surface area contributed by atoms with Crippen LogP contribution in [-0.4, -0.2) is 46.0 Å². The quantitative estimate of drug-likeness (QED) is 0.224. The van der Waals surface area contributed by atoms with Gasteiger partial charge in [-0.1, -0.05) is 18.9 Å². The molecule has 7 heteroatoms. The van der Waals surface area contributed by atoms with Gasteiger partial charge in [-0.2, -0.15) is 5.26 Å². The first-order valence-corrected chi connectivity index (χ1v) is 13.9. The van der Waals surface area contributed by atoms with Crippen molar-refractivity contribution in [3.8, 4) is 6.07 Å². The average molecular weight is 520 g/mol. The van der Waals surface area contributed by atoms with Gasteiger partial charge in [0.05, 0.1) is 16.9 Å². The lowest BCUT2D eigenvalue weighted by Crippen LogP contribution is -2.32. The third-order valence-electron chi connectivity index (χ3n) is 7.60. The standard InChI is InChI=1S/C32H37N7/c1-23-28-13-14-35-31(28)12-11-30(23)38-32-26(19-33)22-36-24(2)29(32)10-9-27-8-7-25(21-37-27)20-34-15-18-39-16-5-3-4-6-17-39/h7-14,21-22,34-35H,3-6,15-18,20H2,1-2H3,(H,36,38)/b10-9+. The molecule has 0 spiro atoms. The van der Waals surface area contributed by atoms with Gasteiger partial charge < -0.3 is 20.5 Å². The maximum atomic E-state index is 9.83. The van der Waals surface area contributed by atoms with Crippen LogP contribution < -0.4 is 10.6 Å². The Morgan fingerprint density at radius 1 is 1.00 bits per heavy atom. The van der Waals surface area contributed by atoms with Gasteiger partial charge >= 0.3 is 0 Å². The molecule has 3 N–H and O–H groups in total. The van der Waals surface area contributed by atoms with Crippen LogP contribution in [0, 0.1) is 25.2 Å². The fourth-order valence-electron chi connectivity index (χ4n) is 5.24. The zero-order valence-corrected chi connectivity index (χ0v) is 22.9. The number of aryl methyl sites for hydroxylation is 2. The minimum atomic E-state index is 0.503. The smallest absolute Gasteiger partial charge is 0.103 e. The number of hydrogen-bond donors (Lipinski definition) is 3. The highest BCUT2D eigenvalue weighted by Crippen LogP contribution is 2.32. The van der Waals surface area contributed by atoms with E-state index < -0.39 is 0 Å². The molecule has 0 bridgehead atoms. The molecule has 7 nitrogen and oxygen atoms in total. The molecule has 4 aromatic rings. The Bertz CT molecular complexity index is 1470. The molecule has 0 atom stereocenters. The van der Waals surface area contributed by atoms with Crippen molar-refractivity contribution >= 4 is 34.4 Å². The van der Waals surface area contributed by atoms with E-state index in [1.807, 2.05) is 43.6 Å². The fourth-order valence-corrected chi connectivity index (χ4v) is 5.24. The first-order chi connectivity index (χ1) is 19.1. The molecule has 1 aliphatic heterocycles. The van der Waals surface area contributed by atoms with Crippen LogP contribution in [0.5, 0.6) is 0 Å². The molecule has 1 aliphatic rings. The summed E-state index contributed by atoms with van der Waals surface area (Å²) in [7, 11) is 0. The Kier molecular flexibility index (Phi) is 8.67. The molecular formula is C32H37N7. The second-order valence-corrected chi connectivity index (χ2v) is 10.3. The van der Waals surface area contributed by atoms with Crippen molar-refractivity contribution in [3.05, 3.63) is 82.6 Å². The summed E-state index contributed by atoms with van der Waals surface area (Å²) in [4.78, 5) is 15.0. The predicted octanol–water partition coefficient (Wildman–Crippen LogP) is 6.33. The molecule has 1 fully saturated rings. The van der Waals surface area contributed by atoms with E-state index in [9.17, 15) is 5.26 Å². The van der Waals surface area contributed by atoms with E-state index in [0.29, 0.717) is 5.56 Å². The van der Waals surface area contributed by atoms with Gasteiger partial charge in [-0.25, -0.2) is 0 Å². The fraction of sp³-hybridized carbons (Fsp3) is 0.344. The number of nitriles is 1. The lowest BCUT2D eigenvalue weighted by molar-refractivity contribution is 0.284. The summed E-state index contributed by atoms with van der Waals surface area (Å²) in [5, 5.41) is 18.1. The molecule has 0 aliphatic carbocycles. The highest BCUT2D eigenvalue weighted by atomic mass is 15.1. The second-order valence-electron chi connectivity index (χ2n) is 10.3. The van der Waals surface area contributed by atoms with E-state index in [1.54, 1.807) is 6.20 Å². The number of nitrogens with one attached hydrogen (secondary N) is 3. The number of anilines is 2. The Hall–Kier alpha value is -3.99. The van der Waals surface area contributed by atoms with E-state index in [1.165, 1.54) is 44.3 Å². The summed E-state index contributed by atoms with van der Waals surface area (Å²) in [6.07, 6.45) is 14.9. The molecule has 3 aromatic heterocycles. The summed E-state index contributed by atoms with van der Waals surface area (Å²) in [5.41, 5.74) is 8.19. The van der Waals surface area contributed by atoms with Crippen LogP contribution in [0.2, 0.25) is 0 Å². The van der Waals surface area contributed by atoms with Crippen molar-refractivity contribution in [2.45, 2.75) is 46.1 Å². The van der Waals surface area contributed by atoms with E-state index >= 15 is 0 Å². The normalized spacial score (nSPS) is 14.5. The Morgan fingerprint density at radius 2 is 1.85 bits per heavy atom. The van der Waals surface area contributed by atoms with Gasteiger partial charge in [0.2, 0.25) is 0 Å². The Morgan fingerprint density at radius 3 is 2.62 bits per heavy atom. The molecule has 200 valence electrons. The van der Waals surface area contributed by atoms with Gasteiger partial charge in [0.15, 0.2) is 0 Å². The van der Waals surface area contributed by atoms with Crippen LogP contribution in [0.4, 0.5) is 11.4 Å². The number of fused-ring (bicyclic) bond motifs is 1. The largest absolute Gasteiger partial charge is 0.361 e. The van der Waals surface area contributed by atoms with E-state index in [0.717, 1.165) is 64.4 Å². The average Bonchev–Trinajstić information content (AvgIpc) is 3.29. The number of aromatic amines is 1. The van der Waals surface area contributed by atoms with Gasteiger partial charge in [0, 0.05) is 66.1 Å². The van der Waals surface area contributed by atoms with Crippen molar-refractivity contribution in [1.82, 2.24) is 25.2 Å². The van der Waals surface area contributed by atoms with Crippen molar-refractivity contribution in [3.63, 3.8) is 0 Å². The zero-order valence-electron chi connectivity index (χ0n) is 22.9. The molecule has 4 heterocycles. The van der Waals surface area contributed by atoms with Gasteiger partial charge in [-0.3, -0.25) is 9.97 Å². The first-order valence-electron chi connectivity index (χ1n) is 13.9.